The maximum atomic E-state index is 12.1. The maximum Gasteiger partial charge on any atom is 0.163 e. The number of benzene rings is 1. The number of ketones is 1. The number of Topliss-reactive ketones (excluding diaryl/α,β-unsaturated/α-hetero) is 1. The second-order valence-electron chi connectivity index (χ2n) is 5.21. The molecule has 1 aromatic carbocycles. The molecule has 1 aromatic rings. The molecule has 100 valence electrons. The molecule has 1 rings (SSSR count). The molecule has 0 unspecified atom stereocenters. The van der Waals surface area contributed by atoms with Crippen molar-refractivity contribution in [3.05, 3.63) is 28.3 Å². The highest BCUT2D eigenvalue weighted by Crippen LogP contribution is 2.28. The second kappa shape index (κ2) is 5.72. The third-order valence-corrected chi connectivity index (χ3v) is 3.09. The monoisotopic (exact) mass is 269 g/mol. The van der Waals surface area contributed by atoms with Crippen LogP contribution in [-0.4, -0.2) is 18.4 Å². The van der Waals surface area contributed by atoms with Gasteiger partial charge in [-0.3, -0.25) is 4.79 Å². The standard InChI is InChI=1S/C14H20ClNO2/c1-9-7-13(18-4)11(15)8-10(9)12(17)5-6-14(2,3)16/h7-8H,5-6,16H2,1-4H3. The van der Waals surface area contributed by atoms with Gasteiger partial charge in [-0.15, -0.1) is 0 Å². The van der Waals surface area contributed by atoms with Gasteiger partial charge in [-0.05, 0) is 44.9 Å². The lowest BCUT2D eigenvalue weighted by molar-refractivity contribution is 0.0972. The van der Waals surface area contributed by atoms with E-state index in [1.807, 2.05) is 20.8 Å². The van der Waals surface area contributed by atoms with Crippen molar-refractivity contribution in [2.24, 2.45) is 5.73 Å². The molecule has 0 saturated heterocycles. The normalized spacial score (nSPS) is 11.4. The summed E-state index contributed by atoms with van der Waals surface area (Å²) in [7, 11) is 1.55. The van der Waals surface area contributed by atoms with Crippen molar-refractivity contribution >= 4 is 17.4 Å². The van der Waals surface area contributed by atoms with E-state index < -0.39 is 0 Å². The Hall–Kier alpha value is -1.06. The number of carbonyl (C=O) groups excluding carboxylic acids is 1. The predicted octanol–water partition coefficient (Wildman–Crippen LogP) is 3.36. The molecule has 0 heterocycles. The minimum Gasteiger partial charge on any atom is -0.495 e. The van der Waals surface area contributed by atoms with Crippen LogP contribution in [0, 0.1) is 6.92 Å². The van der Waals surface area contributed by atoms with Crippen LogP contribution in [0.4, 0.5) is 0 Å². The Morgan fingerprint density at radius 1 is 1.44 bits per heavy atom. The summed E-state index contributed by atoms with van der Waals surface area (Å²) in [6.07, 6.45) is 1.07. The Morgan fingerprint density at radius 2 is 2.06 bits per heavy atom. The number of nitrogens with two attached hydrogens (primary N) is 1. The molecule has 0 aliphatic carbocycles. The summed E-state index contributed by atoms with van der Waals surface area (Å²) in [6.45, 7) is 5.70. The summed E-state index contributed by atoms with van der Waals surface area (Å²) in [4.78, 5) is 12.1. The number of carbonyl (C=O) groups is 1. The number of hydrogen-bond acceptors (Lipinski definition) is 3. The van der Waals surface area contributed by atoms with Crippen molar-refractivity contribution in [3.63, 3.8) is 0 Å². The van der Waals surface area contributed by atoms with Crippen LogP contribution in [0.3, 0.4) is 0 Å². The van der Waals surface area contributed by atoms with E-state index in [2.05, 4.69) is 0 Å². The molecule has 0 aromatic heterocycles. The van der Waals surface area contributed by atoms with Gasteiger partial charge in [0.1, 0.15) is 5.75 Å². The molecule has 4 heteroatoms. The number of aryl methyl sites for hydroxylation is 1. The van der Waals surface area contributed by atoms with Crippen molar-refractivity contribution in [2.45, 2.75) is 39.2 Å². The van der Waals surface area contributed by atoms with Crippen molar-refractivity contribution in [1.82, 2.24) is 0 Å². The van der Waals surface area contributed by atoms with Gasteiger partial charge in [-0.25, -0.2) is 0 Å². The molecule has 3 nitrogen and oxygen atoms in total. The van der Waals surface area contributed by atoms with E-state index in [4.69, 9.17) is 22.1 Å². The van der Waals surface area contributed by atoms with E-state index in [1.165, 1.54) is 0 Å². The number of rotatable bonds is 5. The van der Waals surface area contributed by atoms with Crippen molar-refractivity contribution < 1.29 is 9.53 Å². The average molecular weight is 270 g/mol. The smallest absolute Gasteiger partial charge is 0.163 e. The molecule has 0 spiro atoms. The largest absolute Gasteiger partial charge is 0.495 e. The summed E-state index contributed by atoms with van der Waals surface area (Å²) in [5.41, 5.74) is 7.06. The van der Waals surface area contributed by atoms with Crippen LogP contribution in [0.15, 0.2) is 12.1 Å². The zero-order valence-corrected chi connectivity index (χ0v) is 12.1. The van der Waals surface area contributed by atoms with E-state index in [0.29, 0.717) is 29.2 Å². The van der Waals surface area contributed by atoms with E-state index in [9.17, 15) is 4.79 Å². The number of hydrogen-bond donors (Lipinski definition) is 1. The fourth-order valence-corrected chi connectivity index (χ4v) is 1.92. The lowest BCUT2D eigenvalue weighted by Gasteiger charge is -2.18. The third-order valence-electron chi connectivity index (χ3n) is 2.80. The molecule has 0 amide bonds. The van der Waals surface area contributed by atoms with Crippen LogP contribution >= 0.6 is 11.6 Å². The fourth-order valence-electron chi connectivity index (χ4n) is 1.68. The van der Waals surface area contributed by atoms with Gasteiger partial charge in [0, 0.05) is 17.5 Å². The number of halogens is 1. The highest BCUT2D eigenvalue weighted by atomic mass is 35.5. The van der Waals surface area contributed by atoms with E-state index >= 15 is 0 Å². The van der Waals surface area contributed by atoms with Gasteiger partial charge in [0.25, 0.3) is 0 Å². The topological polar surface area (TPSA) is 52.3 Å². The SMILES string of the molecule is COc1cc(C)c(C(=O)CCC(C)(C)N)cc1Cl. The zero-order valence-electron chi connectivity index (χ0n) is 11.3. The summed E-state index contributed by atoms with van der Waals surface area (Å²) in [6, 6.07) is 3.45. The lowest BCUT2D eigenvalue weighted by atomic mass is 9.94. The fraction of sp³-hybridized carbons (Fsp3) is 0.500. The first-order valence-electron chi connectivity index (χ1n) is 5.91. The zero-order chi connectivity index (χ0) is 13.9. The van der Waals surface area contributed by atoms with Crippen LogP contribution in [-0.2, 0) is 0 Å². The molecule has 18 heavy (non-hydrogen) atoms. The van der Waals surface area contributed by atoms with Crippen molar-refractivity contribution in [3.8, 4) is 5.75 Å². The first-order chi connectivity index (χ1) is 8.24. The molecular formula is C14H20ClNO2. The Kier molecular flexibility index (Phi) is 4.77. The van der Waals surface area contributed by atoms with Crippen LogP contribution < -0.4 is 10.5 Å². The molecule has 0 radical (unpaired) electrons. The molecule has 0 fully saturated rings. The van der Waals surface area contributed by atoms with Crippen LogP contribution in [0.25, 0.3) is 0 Å². The quantitative estimate of drug-likeness (QED) is 0.834. The molecule has 0 aliphatic heterocycles. The van der Waals surface area contributed by atoms with Crippen LogP contribution in [0.2, 0.25) is 5.02 Å². The van der Waals surface area contributed by atoms with Crippen LogP contribution in [0.5, 0.6) is 5.75 Å². The molecule has 0 saturated carbocycles. The molecule has 0 atom stereocenters. The average Bonchev–Trinajstić information content (AvgIpc) is 2.27. The highest BCUT2D eigenvalue weighted by Gasteiger charge is 2.17. The Morgan fingerprint density at radius 3 is 2.56 bits per heavy atom. The Labute approximate surface area is 113 Å². The summed E-state index contributed by atoms with van der Waals surface area (Å²) in [5, 5.41) is 0.457. The first-order valence-corrected chi connectivity index (χ1v) is 6.28. The highest BCUT2D eigenvalue weighted by molar-refractivity contribution is 6.32. The van der Waals surface area contributed by atoms with Gasteiger partial charge >= 0.3 is 0 Å². The van der Waals surface area contributed by atoms with Gasteiger partial charge < -0.3 is 10.5 Å². The Balaban J connectivity index is 2.90. The lowest BCUT2D eigenvalue weighted by Crippen LogP contribution is -2.32. The minimum atomic E-state index is -0.334. The Bertz CT molecular complexity index is 450. The predicted molar refractivity (Wildman–Crippen MR) is 74.6 cm³/mol. The molecule has 0 bridgehead atoms. The summed E-state index contributed by atoms with van der Waals surface area (Å²) in [5.74, 6) is 0.653. The van der Waals surface area contributed by atoms with Crippen molar-refractivity contribution in [2.75, 3.05) is 7.11 Å². The molecule has 0 aliphatic rings. The first kappa shape index (κ1) is 15.0. The van der Waals surface area contributed by atoms with Gasteiger partial charge in [0.15, 0.2) is 5.78 Å². The third kappa shape index (κ3) is 4.00. The van der Waals surface area contributed by atoms with E-state index in [0.717, 1.165) is 5.56 Å². The summed E-state index contributed by atoms with van der Waals surface area (Å²) < 4.78 is 5.11. The summed E-state index contributed by atoms with van der Waals surface area (Å²) >= 11 is 6.03. The van der Waals surface area contributed by atoms with Crippen LogP contribution in [0.1, 0.15) is 42.6 Å². The van der Waals surface area contributed by atoms with Crippen molar-refractivity contribution in [1.29, 1.82) is 0 Å². The molecular weight excluding hydrogens is 250 g/mol. The van der Waals surface area contributed by atoms with Gasteiger partial charge in [0.05, 0.1) is 12.1 Å². The van der Waals surface area contributed by atoms with E-state index in [-0.39, 0.29) is 11.3 Å². The molecule has 2 N–H and O–H groups in total. The van der Waals surface area contributed by atoms with Gasteiger partial charge in [-0.2, -0.15) is 0 Å². The van der Waals surface area contributed by atoms with Gasteiger partial charge in [0.2, 0.25) is 0 Å². The number of methoxy groups -OCH3 is 1. The van der Waals surface area contributed by atoms with E-state index in [1.54, 1.807) is 19.2 Å². The van der Waals surface area contributed by atoms with Gasteiger partial charge in [-0.1, -0.05) is 11.6 Å². The second-order valence-corrected chi connectivity index (χ2v) is 5.62. The number of ether oxygens (including phenoxy) is 1. The minimum absolute atomic E-state index is 0.0654. The maximum absolute atomic E-state index is 12.1.